The lowest BCUT2D eigenvalue weighted by Crippen LogP contribution is -2.39. The smallest absolute Gasteiger partial charge is 0.348 e. The topological polar surface area (TPSA) is 65.0 Å². The monoisotopic (exact) mass is 504 g/mol. The lowest BCUT2D eigenvalue weighted by molar-refractivity contribution is -0.161. The molecule has 0 heterocycles. The molecule has 0 saturated heterocycles. The zero-order chi connectivity index (χ0) is 20.3. The van der Waals surface area contributed by atoms with Gasteiger partial charge in [0.15, 0.2) is 0 Å². The van der Waals surface area contributed by atoms with Crippen molar-refractivity contribution in [1.82, 2.24) is 0 Å². The summed E-state index contributed by atoms with van der Waals surface area (Å²) < 4.78 is 16.0. The third kappa shape index (κ3) is 5.52. The average Bonchev–Trinajstić information content (AvgIpc) is 2.74. The number of thioether (sulfide) groups is 1. The van der Waals surface area contributed by atoms with Gasteiger partial charge in [0.05, 0.1) is 14.2 Å². The second kappa shape index (κ2) is 12.1. The Balaban J connectivity index is 0.00000176. The summed E-state index contributed by atoms with van der Waals surface area (Å²) in [5, 5.41) is 11.5. The second-order valence-corrected chi connectivity index (χ2v) is 6.23. The van der Waals surface area contributed by atoms with E-state index in [9.17, 15) is 9.90 Å². The summed E-state index contributed by atoms with van der Waals surface area (Å²) >= 11 is 3.70. The first-order valence-corrected chi connectivity index (χ1v) is 11.7. The molecular formula is C20H25IO5S. The van der Waals surface area contributed by atoms with Crippen molar-refractivity contribution < 1.29 is 24.1 Å². The molecule has 0 unspecified atom stereocenters. The molecule has 2 rings (SSSR count). The lowest BCUT2D eigenvalue weighted by Gasteiger charge is -2.29. The minimum Gasteiger partial charge on any atom is -0.496 e. The van der Waals surface area contributed by atoms with E-state index in [0.29, 0.717) is 28.4 Å². The Kier molecular flexibility index (Phi) is 10.6. The van der Waals surface area contributed by atoms with E-state index in [0.717, 1.165) is 0 Å². The molecule has 0 aliphatic heterocycles. The molecule has 27 heavy (non-hydrogen) atoms. The molecule has 0 aliphatic rings. The predicted octanol–water partition coefficient (Wildman–Crippen LogP) is 3.90. The van der Waals surface area contributed by atoms with Crippen LogP contribution in [0.25, 0.3) is 0 Å². The number of aliphatic hydroxyl groups is 1. The molecule has 148 valence electrons. The maximum Gasteiger partial charge on any atom is 0.348 e. The number of alkyl halides is 1. The number of methoxy groups -OCH3 is 2. The lowest BCUT2D eigenvalue weighted by atomic mass is 9.85. The Morgan fingerprint density at radius 3 is 1.85 bits per heavy atom. The van der Waals surface area contributed by atoms with Crippen LogP contribution in [-0.4, -0.2) is 48.8 Å². The Morgan fingerprint density at radius 1 is 1.00 bits per heavy atom. The molecule has 0 saturated carbocycles. The quantitative estimate of drug-likeness (QED) is 0.255. The number of carbonyl (C=O) groups is 1. The Morgan fingerprint density at radius 2 is 1.44 bits per heavy atom. The van der Waals surface area contributed by atoms with Crippen LogP contribution in [-0.2, 0) is 15.1 Å². The molecule has 0 aliphatic carbocycles. The number of para-hydroxylation sites is 2. The molecule has 0 fully saturated rings. The molecule has 0 amide bonds. The van der Waals surface area contributed by atoms with Gasteiger partial charge in [0.25, 0.3) is 0 Å². The molecule has 1 N–H and O–H groups in total. The van der Waals surface area contributed by atoms with Crippen LogP contribution in [0, 0.1) is 0 Å². The van der Waals surface area contributed by atoms with Gasteiger partial charge in [0.1, 0.15) is 18.1 Å². The van der Waals surface area contributed by atoms with Crippen molar-refractivity contribution in [3.05, 3.63) is 59.7 Å². The van der Waals surface area contributed by atoms with E-state index in [4.69, 9.17) is 14.2 Å². The number of hydrogen-bond donors (Lipinski definition) is 1. The first kappa shape index (κ1) is 23.6. The first-order valence-electron chi connectivity index (χ1n) is 8.12. The Bertz CT molecular complexity index is 676. The van der Waals surface area contributed by atoms with Gasteiger partial charge in [-0.1, -0.05) is 59.0 Å². The number of halogens is 1. The predicted molar refractivity (Wildman–Crippen MR) is 118 cm³/mol. The molecule has 2 aromatic rings. The van der Waals surface area contributed by atoms with E-state index in [1.54, 1.807) is 60.3 Å². The normalized spacial score (nSPS) is 10.4. The highest BCUT2D eigenvalue weighted by atomic mass is 127. The van der Waals surface area contributed by atoms with Gasteiger partial charge in [-0.15, -0.1) is 0 Å². The molecule has 0 atom stereocenters. The van der Waals surface area contributed by atoms with Gasteiger partial charge in [-0.2, -0.15) is 11.8 Å². The minimum atomic E-state index is -2.04. The molecule has 0 bridgehead atoms. The standard InChI is InChI=1S/C19H22O5S.CH3I/c1-22-16-10-6-4-8-14(16)19(21,18(20)24-12-13-25-3)15-9-5-7-11-17(15)23-2;1-2/h4-11,21H,12-13H2,1-3H3;1H3. The average molecular weight is 504 g/mol. The summed E-state index contributed by atoms with van der Waals surface area (Å²) in [5.74, 6) is 0.644. The summed E-state index contributed by atoms with van der Waals surface area (Å²) in [6, 6.07) is 13.6. The number of benzene rings is 2. The SMILES string of the molecule is CI.COc1ccccc1C(O)(C(=O)OCCSC)c1ccccc1OC. The maximum absolute atomic E-state index is 12.9. The van der Waals surface area contributed by atoms with Crippen molar-refractivity contribution in [2.75, 3.05) is 37.8 Å². The Labute approximate surface area is 178 Å². The molecule has 5 nitrogen and oxygen atoms in total. The van der Waals surface area contributed by atoms with Gasteiger partial charge in [-0.25, -0.2) is 4.79 Å². The fraction of sp³-hybridized carbons (Fsp3) is 0.350. The van der Waals surface area contributed by atoms with Crippen molar-refractivity contribution in [3.8, 4) is 11.5 Å². The summed E-state index contributed by atoms with van der Waals surface area (Å²) in [7, 11) is 2.97. The molecule has 0 spiro atoms. The molecule has 2 aromatic carbocycles. The van der Waals surface area contributed by atoms with E-state index >= 15 is 0 Å². The van der Waals surface area contributed by atoms with Crippen LogP contribution in [0.1, 0.15) is 11.1 Å². The van der Waals surface area contributed by atoms with E-state index in [-0.39, 0.29) is 6.61 Å². The molecule has 7 heteroatoms. The summed E-state index contributed by atoms with van der Waals surface area (Å²) in [4.78, 5) is 14.9. The maximum atomic E-state index is 12.9. The number of esters is 1. The third-order valence-corrected chi connectivity index (χ3v) is 4.38. The highest BCUT2D eigenvalue weighted by Crippen LogP contribution is 2.40. The van der Waals surface area contributed by atoms with Crippen LogP contribution in [0.5, 0.6) is 11.5 Å². The fourth-order valence-corrected chi connectivity index (χ4v) is 2.82. The summed E-state index contributed by atoms with van der Waals surface area (Å²) in [5.41, 5.74) is -1.44. The van der Waals surface area contributed by atoms with Gasteiger partial charge in [0, 0.05) is 16.9 Å². The van der Waals surface area contributed by atoms with Gasteiger partial charge in [0.2, 0.25) is 5.60 Å². The third-order valence-electron chi connectivity index (χ3n) is 3.81. The number of rotatable bonds is 8. The summed E-state index contributed by atoms with van der Waals surface area (Å²) in [6.07, 6.45) is 1.92. The van der Waals surface area contributed by atoms with Crippen LogP contribution in [0.4, 0.5) is 0 Å². The van der Waals surface area contributed by atoms with E-state index in [1.807, 2.05) is 11.2 Å². The van der Waals surface area contributed by atoms with Crippen LogP contribution >= 0.6 is 34.4 Å². The first-order chi connectivity index (χ1) is 13.1. The minimum absolute atomic E-state index is 0.201. The van der Waals surface area contributed by atoms with Crippen LogP contribution in [0.2, 0.25) is 0 Å². The number of carbonyl (C=O) groups excluding carboxylic acids is 1. The van der Waals surface area contributed by atoms with E-state index in [2.05, 4.69) is 22.6 Å². The van der Waals surface area contributed by atoms with Gasteiger partial charge >= 0.3 is 5.97 Å². The molecular weight excluding hydrogens is 479 g/mol. The van der Waals surface area contributed by atoms with Crippen molar-refractivity contribution in [1.29, 1.82) is 0 Å². The summed E-state index contributed by atoms with van der Waals surface area (Å²) in [6.45, 7) is 0.201. The van der Waals surface area contributed by atoms with E-state index in [1.165, 1.54) is 14.2 Å². The van der Waals surface area contributed by atoms with Gasteiger partial charge in [-0.05, 0) is 23.3 Å². The van der Waals surface area contributed by atoms with Crippen molar-refractivity contribution in [2.24, 2.45) is 0 Å². The highest BCUT2D eigenvalue weighted by Gasteiger charge is 2.45. The van der Waals surface area contributed by atoms with E-state index < -0.39 is 11.6 Å². The zero-order valence-electron chi connectivity index (χ0n) is 15.9. The number of hydrogen-bond acceptors (Lipinski definition) is 6. The zero-order valence-corrected chi connectivity index (χ0v) is 18.9. The van der Waals surface area contributed by atoms with Crippen LogP contribution in [0.15, 0.2) is 48.5 Å². The second-order valence-electron chi connectivity index (χ2n) is 5.24. The van der Waals surface area contributed by atoms with Crippen LogP contribution < -0.4 is 9.47 Å². The van der Waals surface area contributed by atoms with Crippen molar-refractivity contribution in [3.63, 3.8) is 0 Å². The van der Waals surface area contributed by atoms with Gasteiger partial charge < -0.3 is 19.3 Å². The highest BCUT2D eigenvalue weighted by molar-refractivity contribution is 14.1. The van der Waals surface area contributed by atoms with Crippen molar-refractivity contribution in [2.45, 2.75) is 5.60 Å². The molecule has 0 radical (unpaired) electrons. The van der Waals surface area contributed by atoms with Gasteiger partial charge in [-0.3, -0.25) is 0 Å². The fourth-order valence-electron chi connectivity index (χ4n) is 2.57. The number of ether oxygens (including phenoxy) is 3. The van der Waals surface area contributed by atoms with Crippen LogP contribution in [0.3, 0.4) is 0 Å². The Hall–Kier alpha value is -1.45. The largest absolute Gasteiger partial charge is 0.496 e. The van der Waals surface area contributed by atoms with Crippen molar-refractivity contribution >= 4 is 40.3 Å². The molecule has 0 aromatic heterocycles.